The van der Waals surface area contributed by atoms with E-state index in [0.717, 1.165) is 42.3 Å². The number of rotatable bonds is 9. The van der Waals surface area contributed by atoms with Crippen molar-refractivity contribution in [3.8, 4) is 52.7 Å². The van der Waals surface area contributed by atoms with Gasteiger partial charge in [-0.3, -0.25) is 19.0 Å². The van der Waals surface area contributed by atoms with Crippen LogP contribution in [0.5, 0.6) is 0 Å². The normalized spacial score (nSPS) is 11.2. The van der Waals surface area contributed by atoms with Crippen LogP contribution in [0, 0.1) is 5.82 Å². The molecule has 0 spiro atoms. The SMILES string of the molecule is Cn1nc(-c2ccc(-c3cccc(NC(=O)c4ccc(-c5cc(-c6cccs6)nn5C)s4)c3F)s2)cc1-c1ccc(C(=O)Nc2ccccc2Cl)s1. The van der Waals surface area contributed by atoms with Gasteiger partial charge in [0.2, 0.25) is 0 Å². The number of aryl methyl sites for hydroxylation is 2. The maximum Gasteiger partial charge on any atom is 0.265 e. The lowest BCUT2D eigenvalue weighted by Crippen LogP contribution is -2.11. The summed E-state index contributed by atoms with van der Waals surface area (Å²) in [5, 5.41) is 17.4. The van der Waals surface area contributed by atoms with Crippen LogP contribution in [0.2, 0.25) is 5.02 Å². The van der Waals surface area contributed by atoms with Crippen LogP contribution in [0.25, 0.3) is 52.7 Å². The first-order valence-electron chi connectivity index (χ1n) is 15.8. The number of para-hydroxylation sites is 1. The number of aromatic nitrogens is 4. The van der Waals surface area contributed by atoms with Gasteiger partial charge in [0.15, 0.2) is 5.82 Å². The Kier molecular flexibility index (Phi) is 9.20. The molecule has 2 amide bonds. The molecule has 0 unspecified atom stereocenters. The summed E-state index contributed by atoms with van der Waals surface area (Å²) in [4.78, 5) is 31.6. The van der Waals surface area contributed by atoms with E-state index in [-0.39, 0.29) is 17.5 Å². The molecule has 8 rings (SSSR count). The highest BCUT2D eigenvalue weighted by molar-refractivity contribution is 7.19. The van der Waals surface area contributed by atoms with Crippen molar-refractivity contribution >= 4 is 80.1 Å². The molecular formula is C38H26ClFN6O2S4. The number of anilines is 2. The first-order chi connectivity index (χ1) is 25.2. The van der Waals surface area contributed by atoms with E-state index >= 15 is 4.39 Å². The van der Waals surface area contributed by atoms with E-state index in [1.807, 2.05) is 74.1 Å². The number of thiophene rings is 4. The van der Waals surface area contributed by atoms with Crippen molar-refractivity contribution < 1.29 is 14.0 Å². The molecule has 258 valence electrons. The monoisotopic (exact) mass is 780 g/mol. The van der Waals surface area contributed by atoms with E-state index in [2.05, 4.69) is 15.7 Å². The van der Waals surface area contributed by atoms with Crippen molar-refractivity contribution in [1.29, 1.82) is 0 Å². The highest BCUT2D eigenvalue weighted by atomic mass is 35.5. The number of hydrogen-bond acceptors (Lipinski definition) is 8. The van der Waals surface area contributed by atoms with E-state index < -0.39 is 5.82 Å². The highest BCUT2D eigenvalue weighted by Crippen LogP contribution is 2.39. The van der Waals surface area contributed by atoms with Gasteiger partial charge in [0.1, 0.15) is 11.4 Å². The number of benzene rings is 2. The minimum absolute atomic E-state index is 0.0973. The first kappa shape index (κ1) is 33.9. The third kappa shape index (κ3) is 6.64. The van der Waals surface area contributed by atoms with Crippen LogP contribution in [0.1, 0.15) is 19.3 Å². The summed E-state index contributed by atoms with van der Waals surface area (Å²) in [7, 11) is 3.72. The Morgan fingerprint density at radius 1 is 0.635 bits per heavy atom. The Morgan fingerprint density at radius 2 is 1.21 bits per heavy atom. The highest BCUT2D eigenvalue weighted by Gasteiger charge is 2.20. The molecule has 0 radical (unpaired) electrons. The van der Waals surface area contributed by atoms with Crippen molar-refractivity contribution in [3.05, 3.63) is 129 Å². The largest absolute Gasteiger partial charge is 0.320 e. The average Bonchev–Trinajstić information content (AvgIpc) is 3.98. The number of nitrogens with zero attached hydrogens (tertiary/aromatic N) is 4. The molecule has 6 heterocycles. The van der Waals surface area contributed by atoms with E-state index in [0.29, 0.717) is 30.9 Å². The molecule has 0 saturated carbocycles. The van der Waals surface area contributed by atoms with Gasteiger partial charge in [-0.1, -0.05) is 41.9 Å². The number of nitrogens with one attached hydrogen (secondary N) is 2. The van der Waals surface area contributed by atoms with Crippen LogP contribution < -0.4 is 10.6 Å². The second-order valence-electron chi connectivity index (χ2n) is 11.6. The molecule has 2 aromatic carbocycles. The minimum atomic E-state index is -0.517. The molecule has 0 bridgehead atoms. The molecule has 0 saturated heterocycles. The lowest BCUT2D eigenvalue weighted by Gasteiger charge is -2.08. The average molecular weight is 781 g/mol. The summed E-state index contributed by atoms with van der Waals surface area (Å²) >= 11 is 11.9. The van der Waals surface area contributed by atoms with E-state index in [1.54, 1.807) is 69.2 Å². The van der Waals surface area contributed by atoms with Crippen molar-refractivity contribution in [1.82, 2.24) is 19.6 Å². The van der Waals surface area contributed by atoms with Gasteiger partial charge in [0.25, 0.3) is 11.8 Å². The molecule has 8 aromatic rings. The third-order valence-electron chi connectivity index (χ3n) is 8.19. The molecule has 52 heavy (non-hydrogen) atoms. The van der Waals surface area contributed by atoms with Crippen molar-refractivity contribution in [2.45, 2.75) is 0 Å². The topological polar surface area (TPSA) is 93.8 Å². The number of hydrogen-bond donors (Lipinski definition) is 2. The fourth-order valence-electron chi connectivity index (χ4n) is 5.63. The molecule has 6 aromatic heterocycles. The summed E-state index contributed by atoms with van der Waals surface area (Å²) in [5.74, 6) is -1.15. The summed E-state index contributed by atoms with van der Waals surface area (Å²) in [6, 6.07) is 31.1. The standard InChI is InChI=1S/C38H26ClFN6O2S4/c1-45-27(19-25(43-45)30-11-6-18-49-30)32-15-17-35(52-32)38(48)42-24-10-5-7-21(36(24)40)29-12-13-31(50-29)26-20-28(46(2)44-26)33-14-16-34(51-33)37(47)41-23-9-4-3-8-22(23)39/h3-20H,1-2H3,(H,41,47)(H,42,48). The Labute approximate surface area is 318 Å². The van der Waals surface area contributed by atoms with Crippen molar-refractivity contribution in [2.75, 3.05) is 10.6 Å². The third-order valence-corrected chi connectivity index (χ3v) is 12.8. The van der Waals surface area contributed by atoms with Crippen molar-refractivity contribution in [3.63, 3.8) is 0 Å². The van der Waals surface area contributed by atoms with Gasteiger partial charge in [-0.05, 0) is 78.2 Å². The van der Waals surface area contributed by atoms with Gasteiger partial charge in [-0.15, -0.1) is 45.3 Å². The molecular weight excluding hydrogens is 755 g/mol. The second-order valence-corrected chi connectivity index (χ2v) is 16.2. The predicted octanol–water partition coefficient (Wildman–Crippen LogP) is 11.0. The zero-order valence-corrected chi connectivity index (χ0v) is 31.4. The summed E-state index contributed by atoms with van der Waals surface area (Å²) in [6.07, 6.45) is 0. The first-order valence-corrected chi connectivity index (χ1v) is 19.5. The van der Waals surface area contributed by atoms with Gasteiger partial charge in [-0.25, -0.2) is 4.39 Å². The molecule has 0 atom stereocenters. The molecule has 0 aliphatic rings. The molecule has 8 nitrogen and oxygen atoms in total. The number of carbonyl (C=O) groups excluding carboxylic acids is 2. The fraction of sp³-hybridized carbons (Fsp3) is 0.0526. The van der Waals surface area contributed by atoms with Gasteiger partial charge in [-0.2, -0.15) is 10.2 Å². The van der Waals surface area contributed by atoms with Crippen LogP contribution in [-0.4, -0.2) is 31.4 Å². The van der Waals surface area contributed by atoms with E-state index in [9.17, 15) is 9.59 Å². The molecule has 14 heteroatoms. The van der Waals surface area contributed by atoms with Crippen LogP contribution in [0.3, 0.4) is 0 Å². The van der Waals surface area contributed by atoms with Gasteiger partial charge < -0.3 is 10.6 Å². The maximum atomic E-state index is 15.9. The minimum Gasteiger partial charge on any atom is -0.320 e. The summed E-state index contributed by atoms with van der Waals surface area (Å²) < 4.78 is 19.5. The summed E-state index contributed by atoms with van der Waals surface area (Å²) in [6.45, 7) is 0. The lowest BCUT2D eigenvalue weighted by atomic mass is 10.1. The quantitative estimate of drug-likeness (QED) is 0.152. The van der Waals surface area contributed by atoms with E-state index in [4.69, 9.17) is 16.7 Å². The molecule has 0 fully saturated rings. The maximum absolute atomic E-state index is 15.9. The van der Waals surface area contributed by atoms with E-state index in [1.165, 1.54) is 34.0 Å². The Hall–Kier alpha value is -5.18. The van der Waals surface area contributed by atoms with Crippen LogP contribution in [0.4, 0.5) is 15.8 Å². The zero-order valence-electron chi connectivity index (χ0n) is 27.4. The number of halogens is 2. The summed E-state index contributed by atoms with van der Waals surface area (Å²) in [5.41, 5.74) is 4.35. The Morgan fingerprint density at radius 3 is 1.85 bits per heavy atom. The number of carbonyl (C=O) groups is 2. The van der Waals surface area contributed by atoms with Crippen LogP contribution in [0.15, 0.2) is 109 Å². The van der Waals surface area contributed by atoms with Gasteiger partial charge in [0.05, 0.1) is 57.0 Å². The Bertz CT molecular complexity index is 2600. The van der Waals surface area contributed by atoms with Crippen LogP contribution >= 0.6 is 56.9 Å². The van der Waals surface area contributed by atoms with Gasteiger partial charge in [0, 0.05) is 24.5 Å². The Balaban J connectivity index is 0.973. The van der Waals surface area contributed by atoms with Crippen molar-refractivity contribution in [2.24, 2.45) is 14.1 Å². The zero-order chi connectivity index (χ0) is 35.9. The molecule has 0 aliphatic carbocycles. The fourth-order valence-corrected chi connectivity index (χ4v) is 9.37. The van der Waals surface area contributed by atoms with Gasteiger partial charge >= 0.3 is 0 Å². The molecule has 0 aliphatic heterocycles. The molecule has 2 N–H and O–H groups in total. The number of amides is 2. The van der Waals surface area contributed by atoms with Crippen LogP contribution in [-0.2, 0) is 14.1 Å². The lowest BCUT2D eigenvalue weighted by molar-refractivity contribution is 0.102. The predicted molar refractivity (Wildman–Crippen MR) is 212 cm³/mol. The second kappa shape index (κ2) is 14.1. The smallest absolute Gasteiger partial charge is 0.265 e.